The first-order valence-electron chi connectivity index (χ1n) is 9.23. The molecule has 1 fully saturated rings. The van der Waals surface area contributed by atoms with Crippen LogP contribution < -0.4 is 14.2 Å². The summed E-state index contributed by atoms with van der Waals surface area (Å²) in [6, 6.07) is 3.73. The van der Waals surface area contributed by atoms with Crippen molar-refractivity contribution >= 4 is 0 Å². The summed E-state index contributed by atoms with van der Waals surface area (Å²) in [7, 11) is 4.76. The minimum Gasteiger partial charge on any atom is -0.493 e. The zero-order chi connectivity index (χ0) is 19.1. The summed E-state index contributed by atoms with van der Waals surface area (Å²) in [5.74, 6) is 3.13. The third kappa shape index (κ3) is 5.76. The molecule has 1 aliphatic heterocycles. The zero-order valence-corrected chi connectivity index (χ0v) is 16.7. The molecule has 3 atom stereocenters. The van der Waals surface area contributed by atoms with Crippen LogP contribution in [-0.4, -0.2) is 63.7 Å². The molecule has 2 rings (SSSR count). The normalized spacial score (nSPS) is 22.1. The van der Waals surface area contributed by atoms with Gasteiger partial charge in [0, 0.05) is 19.6 Å². The highest BCUT2D eigenvalue weighted by Crippen LogP contribution is 2.38. The third-order valence-electron chi connectivity index (χ3n) is 4.72. The summed E-state index contributed by atoms with van der Waals surface area (Å²) >= 11 is 0. The van der Waals surface area contributed by atoms with Crippen molar-refractivity contribution in [3.05, 3.63) is 17.7 Å². The molecule has 0 spiro atoms. The van der Waals surface area contributed by atoms with Crippen molar-refractivity contribution in [1.29, 1.82) is 0 Å². The Hall–Kier alpha value is -1.50. The molecule has 0 bridgehead atoms. The van der Waals surface area contributed by atoms with E-state index >= 15 is 0 Å². The van der Waals surface area contributed by atoms with E-state index in [4.69, 9.17) is 18.9 Å². The Labute approximate surface area is 157 Å². The maximum atomic E-state index is 10.3. The van der Waals surface area contributed by atoms with Crippen molar-refractivity contribution in [1.82, 2.24) is 4.90 Å². The number of piperidine rings is 1. The van der Waals surface area contributed by atoms with E-state index in [0.29, 0.717) is 48.8 Å². The topological polar surface area (TPSA) is 60.4 Å². The molecule has 1 heterocycles. The Morgan fingerprint density at radius 3 is 2.12 bits per heavy atom. The van der Waals surface area contributed by atoms with E-state index in [1.165, 1.54) is 6.42 Å². The molecule has 1 N–H and O–H groups in total. The number of aliphatic hydroxyl groups is 1. The summed E-state index contributed by atoms with van der Waals surface area (Å²) in [5, 5.41) is 10.3. The summed E-state index contributed by atoms with van der Waals surface area (Å²) in [6.07, 6.45) is 0.777. The molecular weight excluding hydrogens is 334 g/mol. The van der Waals surface area contributed by atoms with E-state index < -0.39 is 6.10 Å². The second kappa shape index (κ2) is 10.00. The lowest BCUT2D eigenvalue weighted by atomic mass is 9.92. The van der Waals surface area contributed by atoms with Crippen LogP contribution in [0.2, 0.25) is 0 Å². The fourth-order valence-corrected chi connectivity index (χ4v) is 3.82. The van der Waals surface area contributed by atoms with E-state index in [1.807, 2.05) is 12.1 Å². The van der Waals surface area contributed by atoms with E-state index in [0.717, 1.165) is 18.7 Å². The largest absolute Gasteiger partial charge is 0.493 e. The van der Waals surface area contributed by atoms with E-state index in [1.54, 1.807) is 21.3 Å². The molecule has 3 unspecified atom stereocenters. The second-order valence-corrected chi connectivity index (χ2v) is 7.37. The summed E-state index contributed by atoms with van der Waals surface area (Å²) in [4.78, 5) is 2.34. The van der Waals surface area contributed by atoms with Gasteiger partial charge < -0.3 is 29.0 Å². The van der Waals surface area contributed by atoms with Gasteiger partial charge in [-0.2, -0.15) is 0 Å². The first kappa shape index (κ1) is 20.8. The summed E-state index contributed by atoms with van der Waals surface area (Å²) in [6.45, 7) is 7.98. The van der Waals surface area contributed by atoms with Gasteiger partial charge in [0.25, 0.3) is 0 Å². The number of β-amino-alcohol motifs (C(OH)–C–C–N with tert-alkyl or cyclic N) is 1. The SMILES string of the molecule is COc1cc(COCC(O)CN2CC(C)CC(C)C2)cc(OC)c1OC. The van der Waals surface area contributed by atoms with Crippen molar-refractivity contribution in [3.8, 4) is 17.2 Å². The van der Waals surface area contributed by atoms with Crippen molar-refractivity contribution in [2.45, 2.75) is 33.0 Å². The highest BCUT2D eigenvalue weighted by molar-refractivity contribution is 5.53. The third-order valence-corrected chi connectivity index (χ3v) is 4.72. The highest BCUT2D eigenvalue weighted by Gasteiger charge is 2.23. The fraction of sp³-hybridized carbons (Fsp3) is 0.700. The number of likely N-dealkylation sites (tertiary alicyclic amines) is 1. The predicted molar refractivity (Wildman–Crippen MR) is 101 cm³/mol. The fourth-order valence-electron chi connectivity index (χ4n) is 3.82. The highest BCUT2D eigenvalue weighted by atomic mass is 16.5. The first-order chi connectivity index (χ1) is 12.5. The molecule has 0 aromatic heterocycles. The van der Waals surface area contributed by atoms with Gasteiger partial charge >= 0.3 is 0 Å². The first-order valence-corrected chi connectivity index (χ1v) is 9.23. The van der Waals surface area contributed by atoms with Crippen LogP contribution in [0.1, 0.15) is 25.8 Å². The van der Waals surface area contributed by atoms with Crippen LogP contribution in [0, 0.1) is 11.8 Å². The lowest BCUT2D eigenvalue weighted by Gasteiger charge is -2.35. The van der Waals surface area contributed by atoms with Crippen molar-refractivity contribution in [3.63, 3.8) is 0 Å². The molecular formula is C20H33NO5. The Morgan fingerprint density at radius 1 is 1.04 bits per heavy atom. The maximum absolute atomic E-state index is 10.3. The second-order valence-electron chi connectivity index (χ2n) is 7.37. The summed E-state index contributed by atoms with van der Waals surface area (Å²) < 4.78 is 21.7. The standard InChI is InChI=1S/C20H33NO5/c1-14-6-15(2)10-21(9-14)11-17(22)13-26-12-16-7-18(23-3)20(25-5)19(8-16)24-4/h7-8,14-15,17,22H,6,9-13H2,1-5H3. The van der Waals surface area contributed by atoms with Crippen LogP contribution in [0.15, 0.2) is 12.1 Å². The molecule has 1 aromatic rings. The minimum atomic E-state index is -0.491. The average Bonchev–Trinajstić information content (AvgIpc) is 2.59. The molecule has 148 valence electrons. The Morgan fingerprint density at radius 2 is 1.62 bits per heavy atom. The lowest BCUT2D eigenvalue weighted by molar-refractivity contribution is -0.000961. The molecule has 0 amide bonds. The van der Waals surface area contributed by atoms with Crippen LogP contribution in [0.5, 0.6) is 17.2 Å². The van der Waals surface area contributed by atoms with Gasteiger partial charge in [-0.05, 0) is 36.0 Å². The Bertz CT molecular complexity index is 530. The number of nitrogens with zero attached hydrogens (tertiary/aromatic N) is 1. The van der Waals surface area contributed by atoms with Gasteiger partial charge in [-0.3, -0.25) is 0 Å². The van der Waals surface area contributed by atoms with Gasteiger partial charge in [-0.15, -0.1) is 0 Å². The van der Waals surface area contributed by atoms with Crippen LogP contribution in [0.25, 0.3) is 0 Å². The maximum Gasteiger partial charge on any atom is 0.203 e. The van der Waals surface area contributed by atoms with Crippen LogP contribution in [-0.2, 0) is 11.3 Å². The number of rotatable bonds is 9. The predicted octanol–water partition coefficient (Wildman–Crippen LogP) is 2.57. The monoisotopic (exact) mass is 367 g/mol. The number of hydrogen-bond acceptors (Lipinski definition) is 6. The smallest absolute Gasteiger partial charge is 0.203 e. The molecule has 0 aliphatic carbocycles. The number of ether oxygens (including phenoxy) is 4. The molecule has 1 aliphatic rings. The number of benzene rings is 1. The van der Waals surface area contributed by atoms with E-state index in [2.05, 4.69) is 18.7 Å². The number of aliphatic hydroxyl groups excluding tert-OH is 1. The molecule has 1 aromatic carbocycles. The van der Waals surface area contributed by atoms with Gasteiger partial charge in [-0.25, -0.2) is 0 Å². The van der Waals surface area contributed by atoms with Gasteiger partial charge in [0.15, 0.2) is 11.5 Å². The molecule has 0 saturated carbocycles. The summed E-state index contributed by atoms with van der Waals surface area (Å²) in [5.41, 5.74) is 0.909. The van der Waals surface area contributed by atoms with Crippen molar-refractivity contribution in [2.75, 3.05) is 47.6 Å². The molecule has 1 saturated heterocycles. The number of methoxy groups -OCH3 is 3. The van der Waals surface area contributed by atoms with Crippen molar-refractivity contribution in [2.24, 2.45) is 11.8 Å². The van der Waals surface area contributed by atoms with Crippen LogP contribution in [0.4, 0.5) is 0 Å². The number of hydrogen-bond donors (Lipinski definition) is 1. The molecule has 0 radical (unpaired) electrons. The molecule has 26 heavy (non-hydrogen) atoms. The Kier molecular flexibility index (Phi) is 8.00. The van der Waals surface area contributed by atoms with Gasteiger partial charge in [0.05, 0.1) is 40.6 Å². The molecule has 6 nitrogen and oxygen atoms in total. The Balaban J connectivity index is 1.85. The quantitative estimate of drug-likeness (QED) is 0.724. The van der Waals surface area contributed by atoms with Crippen molar-refractivity contribution < 1.29 is 24.1 Å². The van der Waals surface area contributed by atoms with Gasteiger partial charge in [0.1, 0.15) is 0 Å². The van der Waals surface area contributed by atoms with Gasteiger partial charge in [0.2, 0.25) is 5.75 Å². The van der Waals surface area contributed by atoms with Gasteiger partial charge in [-0.1, -0.05) is 13.8 Å². The van der Waals surface area contributed by atoms with E-state index in [-0.39, 0.29) is 0 Å². The minimum absolute atomic E-state index is 0.302. The van der Waals surface area contributed by atoms with Crippen LogP contribution in [0.3, 0.4) is 0 Å². The van der Waals surface area contributed by atoms with Crippen LogP contribution >= 0.6 is 0 Å². The molecule has 6 heteroatoms. The lowest BCUT2D eigenvalue weighted by Crippen LogP contribution is -2.43. The average molecular weight is 367 g/mol. The van der Waals surface area contributed by atoms with E-state index in [9.17, 15) is 5.11 Å². The zero-order valence-electron chi connectivity index (χ0n) is 16.7.